The lowest BCUT2D eigenvalue weighted by atomic mass is 10.2. The quantitative estimate of drug-likeness (QED) is 0.815. The van der Waals surface area contributed by atoms with Crippen molar-refractivity contribution >= 4 is 11.8 Å². The van der Waals surface area contributed by atoms with Gasteiger partial charge in [0.2, 0.25) is 0 Å². The minimum atomic E-state index is -0.645. The number of amides is 1. The molecular formula is C12H13FN2O2. The molecule has 1 aromatic rings. The second-order valence-corrected chi connectivity index (χ2v) is 4.43. The molecule has 0 radical (unpaired) electrons. The number of hydrogen-bond donors (Lipinski definition) is 1. The lowest BCUT2D eigenvalue weighted by Gasteiger charge is -2.19. The van der Waals surface area contributed by atoms with E-state index >= 15 is 0 Å². The summed E-state index contributed by atoms with van der Waals surface area (Å²) in [5.74, 6) is -0.623. The van der Waals surface area contributed by atoms with E-state index < -0.39 is 17.5 Å². The average molecular weight is 236 g/mol. The lowest BCUT2D eigenvalue weighted by molar-refractivity contribution is 0.0636. The molecule has 0 bridgehead atoms. The average Bonchev–Trinajstić information content (AvgIpc) is 2.18. The minimum Gasteiger partial charge on any atom is -0.444 e. The molecule has 0 aromatic heterocycles. The van der Waals surface area contributed by atoms with Crippen molar-refractivity contribution in [3.63, 3.8) is 0 Å². The number of ether oxygens (including phenoxy) is 1. The third-order valence-corrected chi connectivity index (χ3v) is 1.73. The maximum atomic E-state index is 13.0. The Morgan fingerprint density at radius 2 is 2.12 bits per heavy atom. The summed E-state index contributed by atoms with van der Waals surface area (Å²) in [6.45, 7) is 5.20. The molecule has 0 saturated carbocycles. The molecule has 1 amide bonds. The van der Waals surface area contributed by atoms with E-state index in [1.807, 2.05) is 0 Å². The number of carbonyl (C=O) groups excluding carboxylic acids is 1. The number of benzene rings is 1. The topological polar surface area (TPSA) is 62.1 Å². The first-order valence-electron chi connectivity index (χ1n) is 5.01. The van der Waals surface area contributed by atoms with Crippen molar-refractivity contribution in [3.05, 3.63) is 29.6 Å². The molecule has 0 aliphatic rings. The fourth-order valence-electron chi connectivity index (χ4n) is 1.11. The standard InChI is InChI=1S/C12H13FN2O2/c1-12(2,3)17-11(16)15-9-4-5-10(13)8(6-9)7-14/h4-6H,1-3H3,(H,15,16). The van der Waals surface area contributed by atoms with Gasteiger partial charge in [-0.15, -0.1) is 0 Å². The molecule has 5 heteroatoms. The Balaban J connectivity index is 2.77. The van der Waals surface area contributed by atoms with Crippen LogP contribution in [0.1, 0.15) is 26.3 Å². The van der Waals surface area contributed by atoms with Crippen LogP contribution in [0.5, 0.6) is 0 Å². The predicted octanol–water partition coefficient (Wildman–Crippen LogP) is 3.04. The first-order valence-corrected chi connectivity index (χ1v) is 5.01. The van der Waals surface area contributed by atoms with Gasteiger partial charge in [0.15, 0.2) is 0 Å². The molecule has 0 aliphatic carbocycles. The van der Waals surface area contributed by atoms with Crippen LogP contribution < -0.4 is 5.32 Å². The van der Waals surface area contributed by atoms with E-state index in [9.17, 15) is 9.18 Å². The van der Waals surface area contributed by atoms with Crippen molar-refractivity contribution in [1.29, 1.82) is 5.26 Å². The van der Waals surface area contributed by atoms with Gasteiger partial charge in [-0.2, -0.15) is 5.26 Å². The van der Waals surface area contributed by atoms with Crippen LogP contribution in [0, 0.1) is 17.1 Å². The summed E-state index contributed by atoms with van der Waals surface area (Å²) >= 11 is 0. The SMILES string of the molecule is CC(C)(C)OC(=O)Nc1ccc(F)c(C#N)c1. The maximum absolute atomic E-state index is 13.0. The maximum Gasteiger partial charge on any atom is 0.412 e. The van der Waals surface area contributed by atoms with E-state index in [0.717, 1.165) is 6.07 Å². The first-order chi connectivity index (χ1) is 7.81. The van der Waals surface area contributed by atoms with Gasteiger partial charge in [-0.25, -0.2) is 9.18 Å². The Bertz CT molecular complexity index is 472. The third-order valence-electron chi connectivity index (χ3n) is 1.73. The van der Waals surface area contributed by atoms with Crippen LogP contribution in [0.25, 0.3) is 0 Å². The molecule has 0 aliphatic heterocycles. The van der Waals surface area contributed by atoms with Crippen LogP contribution in [-0.4, -0.2) is 11.7 Å². The highest BCUT2D eigenvalue weighted by Crippen LogP contribution is 2.15. The van der Waals surface area contributed by atoms with Crippen LogP contribution in [0.2, 0.25) is 0 Å². The van der Waals surface area contributed by atoms with Crippen LogP contribution in [-0.2, 0) is 4.74 Å². The molecule has 0 fully saturated rings. The number of carbonyl (C=O) groups is 1. The van der Waals surface area contributed by atoms with Gasteiger partial charge in [0, 0.05) is 5.69 Å². The highest BCUT2D eigenvalue weighted by Gasteiger charge is 2.16. The summed E-state index contributed by atoms with van der Waals surface area (Å²) in [4.78, 5) is 11.4. The summed E-state index contributed by atoms with van der Waals surface area (Å²) in [5.41, 5.74) is -0.418. The fraction of sp³-hybridized carbons (Fsp3) is 0.333. The van der Waals surface area contributed by atoms with Crippen LogP contribution in [0.4, 0.5) is 14.9 Å². The van der Waals surface area contributed by atoms with Gasteiger partial charge >= 0.3 is 6.09 Å². The molecule has 4 nitrogen and oxygen atoms in total. The molecule has 1 N–H and O–H groups in total. The Labute approximate surface area is 99.0 Å². The number of nitrogens with one attached hydrogen (secondary N) is 1. The third kappa shape index (κ3) is 4.11. The first kappa shape index (κ1) is 13.0. The molecule has 0 saturated heterocycles. The summed E-state index contributed by atoms with van der Waals surface area (Å²) in [5, 5.41) is 11.1. The van der Waals surface area contributed by atoms with E-state index in [1.54, 1.807) is 26.8 Å². The molecule has 0 heterocycles. The predicted molar refractivity (Wildman–Crippen MR) is 61.0 cm³/mol. The second-order valence-electron chi connectivity index (χ2n) is 4.43. The smallest absolute Gasteiger partial charge is 0.412 e. The summed E-state index contributed by atoms with van der Waals surface area (Å²) < 4.78 is 18.0. The zero-order valence-corrected chi connectivity index (χ0v) is 9.87. The molecule has 17 heavy (non-hydrogen) atoms. The number of anilines is 1. The molecular weight excluding hydrogens is 223 g/mol. The highest BCUT2D eigenvalue weighted by atomic mass is 19.1. The second kappa shape index (κ2) is 4.83. The van der Waals surface area contributed by atoms with Gasteiger partial charge < -0.3 is 4.74 Å². The van der Waals surface area contributed by atoms with Crippen molar-refractivity contribution in [2.45, 2.75) is 26.4 Å². The summed E-state index contributed by atoms with van der Waals surface area (Å²) in [7, 11) is 0. The zero-order chi connectivity index (χ0) is 13.1. The molecule has 1 aromatic carbocycles. The van der Waals surface area contributed by atoms with Crippen molar-refractivity contribution in [1.82, 2.24) is 0 Å². The van der Waals surface area contributed by atoms with E-state index in [2.05, 4.69) is 5.32 Å². The molecule has 90 valence electrons. The number of halogens is 1. The number of rotatable bonds is 1. The van der Waals surface area contributed by atoms with E-state index in [4.69, 9.17) is 10.00 Å². The molecule has 1 rings (SSSR count). The minimum absolute atomic E-state index is 0.126. The number of nitriles is 1. The van der Waals surface area contributed by atoms with E-state index in [0.29, 0.717) is 5.69 Å². The number of nitrogens with zero attached hydrogens (tertiary/aromatic N) is 1. The van der Waals surface area contributed by atoms with Gasteiger partial charge in [-0.05, 0) is 39.0 Å². The summed E-state index contributed by atoms with van der Waals surface area (Å²) in [6.07, 6.45) is -0.645. The molecule has 0 unspecified atom stereocenters. The van der Waals surface area contributed by atoms with Crippen molar-refractivity contribution in [2.24, 2.45) is 0 Å². The van der Waals surface area contributed by atoms with Crippen molar-refractivity contribution in [3.8, 4) is 6.07 Å². The van der Waals surface area contributed by atoms with Crippen LogP contribution >= 0.6 is 0 Å². The van der Waals surface area contributed by atoms with Crippen molar-refractivity contribution < 1.29 is 13.9 Å². The van der Waals surface area contributed by atoms with Gasteiger partial charge in [0.25, 0.3) is 0 Å². The lowest BCUT2D eigenvalue weighted by Crippen LogP contribution is -2.27. The van der Waals surface area contributed by atoms with Gasteiger partial charge in [0.05, 0.1) is 5.56 Å². The fourth-order valence-corrected chi connectivity index (χ4v) is 1.11. The largest absolute Gasteiger partial charge is 0.444 e. The monoisotopic (exact) mass is 236 g/mol. The normalized spacial score (nSPS) is 10.5. The Hall–Kier alpha value is -2.09. The Morgan fingerprint density at radius 1 is 1.47 bits per heavy atom. The van der Waals surface area contributed by atoms with Gasteiger partial charge in [-0.1, -0.05) is 0 Å². The van der Waals surface area contributed by atoms with Crippen molar-refractivity contribution in [2.75, 3.05) is 5.32 Å². The Morgan fingerprint density at radius 3 is 2.65 bits per heavy atom. The van der Waals surface area contributed by atoms with Crippen LogP contribution in [0.15, 0.2) is 18.2 Å². The van der Waals surface area contributed by atoms with Gasteiger partial charge in [-0.3, -0.25) is 5.32 Å². The van der Waals surface area contributed by atoms with Gasteiger partial charge in [0.1, 0.15) is 17.5 Å². The Kier molecular flexibility index (Phi) is 3.69. The number of hydrogen-bond acceptors (Lipinski definition) is 3. The van der Waals surface area contributed by atoms with E-state index in [-0.39, 0.29) is 5.56 Å². The molecule has 0 atom stereocenters. The molecule has 0 spiro atoms. The highest BCUT2D eigenvalue weighted by molar-refractivity contribution is 5.85. The zero-order valence-electron chi connectivity index (χ0n) is 9.87. The summed E-state index contributed by atoms with van der Waals surface area (Å²) in [6, 6.07) is 5.42. The van der Waals surface area contributed by atoms with Crippen LogP contribution in [0.3, 0.4) is 0 Å². The van der Waals surface area contributed by atoms with E-state index in [1.165, 1.54) is 12.1 Å².